The van der Waals surface area contributed by atoms with Gasteiger partial charge in [-0.3, -0.25) is 4.79 Å². The van der Waals surface area contributed by atoms with Crippen LogP contribution in [0.2, 0.25) is 0 Å². The van der Waals surface area contributed by atoms with E-state index in [1.54, 1.807) is 40.0 Å². The summed E-state index contributed by atoms with van der Waals surface area (Å²) in [5.41, 5.74) is 0.782. The summed E-state index contributed by atoms with van der Waals surface area (Å²) >= 11 is 0. The number of benzene rings is 1. The topological polar surface area (TPSA) is 89.8 Å². The number of hydrogen-bond acceptors (Lipinski definition) is 5. The number of amides is 2. The number of ether oxygens (including phenoxy) is 2. The maximum atomic E-state index is 12.7. The minimum atomic E-state index is -0.582. The van der Waals surface area contributed by atoms with Crippen molar-refractivity contribution in [3.05, 3.63) is 29.5 Å². The Kier molecular flexibility index (Phi) is 6.59. The van der Waals surface area contributed by atoms with Gasteiger partial charge in [-0.2, -0.15) is 0 Å². The molecule has 0 bridgehead atoms. The number of hydrogen-bond donors (Lipinski definition) is 2. The average Bonchev–Trinajstić information content (AvgIpc) is 2.92. The second-order valence-corrected chi connectivity index (χ2v) is 8.13. The second-order valence-electron chi connectivity index (χ2n) is 8.13. The van der Waals surface area contributed by atoms with Crippen LogP contribution in [0.5, 0.6) is 5.75 Å². The van der Waals surface area contributed by atoms with E-state index in [4.69, 9.17) is 13.9 Å². The van der Waals surface area contributed by atoms with Crippen LogP contribution in [0.4, 0.5) is 4.79 Å². The molecule has 1 aromatic carbocycles. The Balaban J connectivity index is 2.07. The van der Waals surface area contributed by atoms with E-state index in [1.807, 2.05) is 26.8 Å². The van der Waals surface area contributed by atoms with Crippen LogP contribution in [0.15, 0.2) is 22.6 Å². The fourth-order valence-corrected chi connectivity index (χ4v) is 2.74. The van der Waals surface area contributed by atoms with Gasteiger partial charge < -0.3 is 24.5 Å². The molecule has 0 saturated carbocycles. The molecule has 2 N–H and O–H groups in total. The van der Waals surface area contributed by atoms with Gasteiger partial charge in [0.15, 0.2) is 5.76 Å². The van der Waals surface area contributed by atoms with Crippen LogP contribution < -0.4 is 15.4 Å². The molecule has 2 amide bonds. The van der Waals surface area contributed by atoms with E-state index in [2.05, 4.69) is 10.6 Å². The first-order valence-corrected chi connectivity index (χ1v) is 9.36. The molecule has 1 aromatic heterocycles. The van der Waals surface area contributed by atoms with E-state index in [9.17, 15) is 9.59 Å². The van der Waals surface area contributed by atoms with Gasteiger partial charge in [-0.05, 0) is 51.8 Å². The Morgan fingerprint density at radius 2 is 1.89 bits per heavy atom. The van der Waals surface area contributed by atoms with Gasteiger partial charge in [0, 0.05) is 17.5 Å². The average molecular weight is 390 g/mol. The number of methoxy groups -OCH3 is 1. The first-order chi connectivity index (χ1) is 13.0. The van der Waals surface area contributed by atoms with Crippen molar-refractivity contribution in [1.82, 2.24) is 10.6 Å². The Bertz CT molecular complexity index is 848. The second kappa shape index (κ2) is 8.54. The highest BCUT2D eigenvalue weighted by molar-refractivity contribution is 5.99. The summed E-state index contributed by atoms with van der Waals surface area (Å²) in [6.07, 6.45) is -0.507. The Morgan fingerprint density at radius 3 is 2.46 bits per heavy atom. The third-order valence-corrected chi connectivity index (χ3v) is 4.34. The molecule has 0 radical (unpaired) electrons. The largest absolute Gasteiger partial charge is 0.497 e. The SMILES string of the molecule is COc1ccc2oc(C(=O)NCC(NC(=O)OC(C)(C)C)C(C)C)c(C)c2c1. The van der Waals surface area contributed by atoms with Crippen molar-refractivity contribution >= 4 is 23.0 Å². The Morgan fingerprint density at radius 1 is 1.21 bits per heavy atom. The Labute approximate surface area is 165 Å². The fraction of sp³-hybridized carbons (Fsp3) is 0.524. The fourth-order valence-electron chi connectivity index (χ4n) is 2.74. The number of aryl methyl sites for hydroxylation is 1. The van der Waals surface area contributed by atoms with E-state index in [-0.39, 0.29) is 30.2 Å². The molecule has 0 fully saturated rings. The number of carbonyl (C=O) groups is 2. The molecule has 0 aliphatic rings. The molecular formula is C21H30N2O5. The maximum absolute atomic E-state index is 12.7. The highest BCUT2D eigenvalue weighted by atomic mass is 16.6. The maximum Gasteiger partial charge on any atom is 0.407 e. The molecular weight excluding hydrogens is 360 g/mol. The van der Waals surface area contributed by atoms with E-state index in [1.165, 1.54) is 0 Å². The molecule has 1 atom stereocenters. The molecule has 154 valence electrons. The Hall–Kier alpha value is -2.70. The van der Waals surface area contributed by atoms with E-state index in [0.717, 1.165) is 10.9 Å². The van der Waals surface area contributed by atoms with Crippen LogP contribution in [0.3, 0.4) is 0 Å². The quantitative estimate of drug-likeness (QED) is 0.777. The van der Waals surface area contributed by atoms with Gasteiger partial charge in [0.05, 0.1) is 13.2 Å². The van der Waals surface area contributed by atoms with E-state index >= 15 is 0 Å². The summed E-state index contributed by atoms with van der Waals surface area (Å²) in [5, 5.41) is 6.49. The molecule has 28 heavy (non-hydrogen) atoms. The van der Waals surface area contributed by atoms with Gasteiger partial charge in [-0.25, -0.2) is 4.79 Å². The summed E-state index contributed by atoms with van der Waals surface area (Å²) in [7, 11) is 1.59. The summed E-state index contributed by atoms with van der Waals surface area (Å²) in [4.78, 5) is 24.7. The van der Waals surface area contributed by atoms with Crippen molar-refractivity contribution in [2.75, 3.05) is 13.7 Å². The molecule has 0 spiro atoms. The minimum absolute atomic E-state index is 0.105. The first kappa shape index (κ1) is 21.6. The van der Waals surface area contributed by atoms with Crippen molar-refractivity contribution in [1.29, 1.82) is 0 Å². The zero-order chi connectivity index (χ0) is 21.1. The highest BCUT2D eigenvalue weighted by Gasteiger charge is 2.23. The minimum Gasteiger partial charge on any atom is -0.497 e. The van der Waals surface area contributed by atoms with E-state index in [0.29, 0.717) is 11.3 Å². The van der Waals surface area contributed by atoms with Gasteiger partial charge in [-0.1, -0.05) is 13.8 Å². The van der Waals surface area contributed by atoms with Crippen LogP contribution in [-0.2, 0) is 4.74 Å². The van der Waals surface area contributed by atoms with Crippen LogP contribution in [0.1, 0.15) is 50.7 Å². The van der Waals surface area contributed by atoms with Crippen molar-refractivity contribution < 1.29 is 23.5 Å². The van der Waals surface area contributed by atoms with Gasteiger partial charge in [0.2, 0.25) is 0 Å². The molecule has 2 aromatic rings. The summed E-state index contributed by atoms with van der Waals surface area (Å²) in [6, 6.07) is 5.13. The third-order valence-electron chi connectivity index (χ3n) is 4.34. The molecule has 7 nitrogen and oxygen atoms in total. The summed E-state index contributed by atoms with van der Waals surface area (Å²) in [6.45, 7) is 11.4. The lowest BCUT2D eigenvalue weighted by Crippen LogP contribution is -2.48. The monoisotopic (exact) mass is 390 g/mol. The molecule has 1 heterocycles. The van der Waals surface area contributed by atoms with Crippen molar-refractivity contribution in [2.24, 2.45) is 5.92 Å². The molecule has 0 aliphatic heterocycles. The van der Waals surface area contributed by atoms with Gasteiger partial charge in [-0.15, -0.1) is 0 Å². The highest BCUT2D eigenvalue weighted by Crippen LogP contribution is 2.28. The van der Waals surface area contributed by atoms with Crippen molar-refractivity contribution in [2.45, 2.75) is 53.2 Å². The summed E-state index contributed by atoms with van der Waals surface area (Å²) < 4.78 is 16.2. The molecule has 2 rings (SSSR count). The lowest BCUT2D eigenvalue weighted by atomic mass is 10.0. The third kappa shape index (κ3) is 5.41. The molecule has 0 aliphatic carbocycles. The van der Waals surface area contributed by atoms with Crippen LogP contribution in [0.25, 0.3) is 11.0 Å². The zero-order valence-corrected chi connectivity index (χ0v) is 17.6. The van der Waals surface area contributed by atoms with Crippen LogP contribution >= 0.6 is 0 Å². The molecule has 7 heteroatoms. The van der Waals surface area contributed by atoms with Crippen molar-refractivity contribution in [3.63, 3.8) is 0 Å². The number of alkyl carbamates (subject to hydrolysis) is 1. The standard InChI is InChI=1S/C21H30N2O5/c1-12(2)16(23-20(25)28-21(4,5)6)11-22-19(24)18-13(3)15-10-14(26-7)8-9-17(15)27-18/h8-10,12,16H,11H2,1-7H3,(H,22,24)(H,23,25). The van der Waals surface area contributed by atoms with Crippen LogP contribution in [0, 0.1) is 12.8 Å². The smallest absolute Gasteiger partial charge is 0.407 e. The van der Waals surface area contributed by atoms with Crippen LogP contribution in [-0.4, -0.2) is 37.3 Å². The number of carbonyl (C=O) groups excluding carboxylic acids is 2. The van der Waals surface area contributed by atoms with E-state index < -0.39 is 11.7 Å². The normalized spacial score (nSPS) is 12.7. The molecule has 1 unspecified atom stereocenters. The van der Waals surface area contributed by atoms with Gasteiger partial charge in [0.1, 0.15) is 16.9 Å². The summed E-state index contributed by atoms with van der Waals surface area (Å²) in [5.74, 6) is 0.728. The zero-order valence-electron chi connectivity index (χ0n) is 17.6. The predicted molar refractivity (Wildman–Crippen MR) is 108 cm³/mol. The number of nitrogens with one attached hydrogen (secondary N) is 2. The van der Waals surface area contributed by atoms with Gasteiger partial charge in [0.25, 0.3) is 5.91 Å². The van der Waals surface area contributed by atoms with Gasteiger partial charge >= 0.3 is 6.09 Å². The number of furan rings is 1. The predicted octanol–water partition coefficient (Wildman–Crippen LogP) is 4.03. The molecule has 0 saturated heterocycles. The van der Waals surface area contributed by atoms with Crippen molar-refractivity contribution in [3.8, 4) is 5.75 Å². The number of fused-ring (bicyclic) bond motifs is 1. The lowest BCUT2D eigenvalue weighted by Gasteiger charge is -2.25. The first-order valence-electron chi connectivity index (χ1n) is 9.36. The number of rotatable bonds is 6. The lowest BCUT2D eigenvalue weighted by molar-refractivity contribution is 0.0487.